The summed E-state index contributed by atoms with van der Waals surface area (Å²) in [5, 5.41) is 0. The van der Waals surface area contributed by atoms with E-state index in [2.05, 4.69) is 32.4 Å². The lowest BCUT2D eigenvalue weighted by molar-refractivity contribution is -0.107. The van der Waals surface area contributed by atoms with Crippen LogP contribution in [0.15, 0.2) is 0 Å². The van der Waals surface area contributed by atoms with Gasteiger partial charge < -0.3 is 0 Å². The highest BCUT2D eigenvalue weighted by Crippen LogP contribution is 2.32. The van der Waals surface area contributed by atoms with Gasteiger partial charge >= 0.3 is 0 Å². The minimum atomic E-state index is 0.113. The Balaban J connectivity index is 1.78. The van der Waals surface area contributed by atoms with Gasteiger partial charge in [0, 0.05) is 37.8 Å². The quantitative estimate of drug-likeness (QED) is 0.770. The van der Waals surface area contributed by atoms with Crippen molar-refractivity contribution in [3.8, 4) is 0 Å². The standard InChI is InChI=1S/C12H24N4S/c1-2-7-15(8-3-1)12(5-4-6-13-14-12)16-9-10-17-11-16/h13-14H,1-11H2. The monoisotopic (exact) mass is 256 g/mol. The Morgan fingerprint density at radius 1 is 0.941 bits per heavy atom. The third-order valence-electron chi connectivity index (χ3n) is 4.27. The number of hydrogen-bond acceptors (Lipinski definition) is 5. The molecule has 3 rings (SSSR count). The summed E-state index contributed by atoms with van der Waals surface area (Å²) >= 11 is 2.07. The van der Waals surface area contributed by atoms with Crippen molar-refractivity contribution in [1.82, 2.24) is 20.7 Å². The highest BCUT2D eigenvalue weighted by Gasteiger charge is 2.44. The van der Waals surface area contributed by atoms with Crippen LogP contribution in [0.3, 0.4) is 0 Å². The summed E-state index contributed by atoms with van der Waals surface area (Å²) in [6.45, 7) is 4.86. The van der Waals surface area contributed by atoms with Gasteiger partial charge in [-0.2, -0.15) is 0 Å². The molecule has 2 N–H and O–H groups in total. The molecule has 1 unspecified atom stereocenters. The molecule has 3 saturated heterocycles. The van der Waals surface area contributed by atoms with Crippen LogP contribution in [0.1, 0.15) is 32.1 Å². The Morgan fingerprint density at radius 3 is 2.47 bits per heavy atom. The first-order chi connectivity index (χ1) is 8.42. The molecule has 3 aliphatic heterocycles. The molecule has 17 heavy (non-hydrogen) atoms. The predicted molar refractivity (Wildman–Crippen MR) is 72.6 cm³/mol. The van der Waals surface area contributed by atoms with Crippen LogP contribution < -0.4 is 10.9 Å². The Kier molecular flexibility index (Phi) is 3.92. The summed E-state index contributed by atoms with van der Waals surface area (Å²) in [5.74, 6) is 2.59. The largest absolute Gasteiger partial charge is 0.272 e. The molecule has 0 amide bonds. The number of likely N-dealkylation sites (tertiary alicyclic amines) is 1. The van der Waals surface area contributed by atoms with Crippen molar-refractivity contribution in [2.75, 3.05) is 37.8 Å². The number of piperidine rings is 1. The van der Waals surface area contributed by atoms with Crippen LogP contribution in [0.4, 0.5) is 0 Å². The third kappa shape index (κ3) is 2.36. The van der Waals surface area contributed by atoms with Gasteiger partial charge in [-0.05, 0) is 25.7 Å². The molecular weight excluding hydrogens is 232 g/mol. The predicted octanol–water partition coefficient (Wildman–Crippen LogP) is 1.02. The van der Waals surface area contributed by atoms with E-state index in [1.54, 1.807) is 0 Å². The summed E-state index contributed by atoms with van der Waals surface area (Å²) in [5.41, 5.74) is 7.04. The highest BCUT2D eigenvalue weighted by atomic mass is 32.2. The number of nitrogens with one attached hydrogen (secondary N) is 2. The van der Waals surface area contributed by atoms with Crippen molar-refractivity contribution in [3.05, 3.63) is 0 Å². The van der Waals surface area contributed by atoms with Crippen LogP contribution in [0.2, 0.25) is 0 Å². The molecular formula is C12H24N4S. The van der Waals surface area contributed by atoms with Gasteiger partial charge in [-0.25, -0.2) is 5.43 Å². The third-order valence-corrected chi connectivity index (χ3v) is 5.24. The molecule has 0 aromatic rings. The summed E-state index contributed by atoms with van der Waals surface area (Å²) in [6, 6.07) is 0. The first-order valence-corrected chi connectivity index (χ1v) is 8.15. The molecule has 0 saturated carbocycles. The molecule has 1 atom stereocenters. The number of hydrazine groups is 1. The number of nitrogens with zero attached hydrogens (tertiary/aromatic N) is 2. The summed E-state index contributed by atoms with van der Waals surface area (Å²) in [6.07, 6.45) is 6.69. The molecule has 3 heterocycles. The molecule has 4 nitrogen and oxygen atoms in total. The van der Waals surface area contributed by atoms with Gasteiger partial charge in [-0.15, -0.1) is 11.8 Å². The zero-order chi connectivity index (χ0) is 11.6. The Labute approximate surface area is 108 Å². The molecule has 3 fully saturated rings. The van der Waals surface area contributed by atoms with Gasteiger partial charge in [0.1, 0.15) is 5.79 Å². The second-order valence-electron chi connectivity index (χ2n) is 5.32. The number of hydrogen-bond donors (Lipinski definition) is 2. The van der Waals surface area contributed by atoms with E-state index in [1.165, 1.54) is 63.4 Å². The summed E-state index contributed by atoms with van der Waals surface area (Å²) in [7, 11) is 0. The molecule has 98 valence electrons. The highest BCUT2D eigenvalue weighted by molar-refractivity contribution is 7.99. The average Bonchev–Trinajstić information content (AvgIpc) is 2.95. The van der Waals surface area contributed by atoms with Crippen molar-refractivity contribution in [2.45, 2.75) is 37.9 Å². The van der Waals surface area contributed by atoms with Gasteiger partial charge in [-0.3, -0.25) is 15.2 Å². The van der Waals surface area contributed by atoms with Gasteiger partial charge in [-0.1, -0.05) is 6.42 Å². The summed E-state index contributed by atoms with van der Waals surface area (Å²) < 4.78 is 0. The Bertz CT molecular complexity index is 243. The van der Waals surface area contributed by atoms with Gasteiger partial charge in [0.25, 0.3) is 0 Å². The number of thioether (sulfide) groups is 1. The van der Waals surface area contributed by atoms with Crippen LogP contribution in [-0.2, 0) is 0 Å². The first kappa shape index (κ1) is 12.2. The molecule has 5 heteroatoms. The number of rotatable bonds is 2. The lowest BCUT2D eigenvalue weighted by Crippen LogP contribution is -2.73. The van der Waals surface area contributed by atoms with E-state index < -0.39 is 0 Å². The first-order valence-electron chi connectivity index (χ1n) is 7.00. The van der Waals surface area contributed by atoms with E-state index in [0.29, 0.717) is 0 Å². The van der Waals surface area contributed by atoms with Crippen molar-refractivity contribution in [2.24, 2.45) is 0 Å². The minimum Gasteiger partial charge on any atom is -0.272 e. The Hall–Kier alpha value is 0.190. The van der Waals surface area contributed by atoms with E-state index in [-0.39, 0.29) is 5.79 Å². The maximum absolute atomic E-state index is 3.63. The maximum atomic E-state index is 3.63. The molecule has 0 bridgehead atoms. The van der Waals surface area contributed by atoms with Gasteiger partial charge in [0.15, 0.2) is 0 Å². The smallest absolute Gasteiger partial charge is 0.141 e. The van der Waals surface area contributed by atoms with Crippen LogP contribution in [0.5, 0.6) is 0 Å². The second-order valence-corrected chi connectivity index (χ2v) is 6.40. The molecule has 0 aromatic heterocycles. The van der Waals surface area contributed by atoms with Gasteiger partial charge in [0.2, 0.25) is 0 Å². The zero-order valence-electron chi connectivity index (χ0n) is 10.6. The van der Waals surface area contributed by atoms with Crippen LogP contribution in [-0.4, -0.2) is 53.4 Å². The van der Waals surface area contributed by atoms with Crippen LogP contribution in [0.25, 0.3) is 0 Å². The van der Waals surface area contributed by atoms with E-state index >= 15 is 0 Å². The molecule has 0 aliphatic carbocycles. The maximum Gasteiger partial charge on any atom is 0.141 e. The zero-order valence-corrected chi connectivity index (χ0v) is 11.4. The van der Waals surface area contributed by atoms with Gasteiger partial charge in [0.05, 0.1) is 0 Å². The second kappa shape index (κ2) is 5.45. The molecule has 3 aliphatic rings. The van der Waals surface area contributed by atoms with E-state index in [9.17, 15) is 0 Å². The Morgan fingerprint density at radius 2 is 1.82 bits per heavy atom. The fraction of sp³-hybridized carbons (Fsp3) is 1.00. The topological polar surface area (TPSA) is 30.5 Å². The molecule has 0 aromatic carbocycles. The van der Waals surface area contributed by atoms with Crippen LogP contribution in [0, 0.1) is 0 Å². The lowest BCUT2D eigenvalue weighted by Gasteiger charge is -2.53. The van der Waals surface area contributed by atoms with Crippen molar-refractivity contribution < 1.29 is 0 Å². The van der Waals surface area contributed by atoms with E-state index in [1.807, 2.05) is 0 Å². The minimum absolute atomic E-state index is 0.113. The average molecular weight is 256 g/mol. The van der Waals surface area contributed by atoms with Crippen molar-refractivity contribution >= 4 is 11.8 Å². The van der Waals surface area contributed by atoms with E-state index in [4.69, 9.17) is 0 Å². The van der Waals surface area contributed by atoms with Crippen LogP contribution >= 0.6 is 11.8 Å². The summed E-state index contributed by atoms with van der Waals surface area (Å²) in [4.78, 5) is 5.34. The lowest BCUT2D eigenvalue weighted by atomic mass is 10.0. The van der Waals surface area contributed by atoms with E-state index in [0.717, 1.165) is 6.54 Å². The fourth-order valence-electron chi connectivity index (χ4n) is 3.33. The van der Waals surface area contributed by atoms with Crippen molar-refractivity contribution in [1.29, 1.82) is 0 Å². The SMILES string of the molecule is C1CCN(C2(N3CCSC3)CCCNN2)CC1. The normalized spacial score (nSPS) is 37.4. The van der Waals surface area contributed by atoms with Crippen molar-refractivity contribution in [3.63, 3.8) is 0 Å². The molecule has 0 radical (unpaired) electrons. The fourth-order valence-corrected chi connectivity index (χ4v) is 4.38. The molecule has 0 spiro atoms.